The van der Waals surface area contributed by atoms with Gasteiger partial charge in [-0.05, 0) is 19.1 Å². The number of halogens is 1. The second-order valence-corrected chi connectivity index (χ2v) is 5.24. The minimum Gasteiger partial charge on any atom is -0.464 e. The third-order valence-electron chi connectivity index (χ3n) is 2.05. The maximum Gasteiger partial charge on any atom is 0.331 e. The Bertz CT molecular complexity index is 421. The maximum atomic E-state index is 11.6. The summed E-state index contributed by atoms with van der Waals surface area (Å²) >= 11 is 7.04. The van der Waals surface area contributed by atoms with E-state index in [0.29, 0.717) is 4.34 Å². The summed E-state index contributed by atoms with van der Waals surface area (Å²) in [5, 5.41) is 11.4. The molecule has 18 heavy (non-hydrogen) atoms. The van der Waals surface area contributed by atoms with Crippen LogP contribution in [0.4, 0.5) is 0 Å². The van der Waals surface area contributed by atoms with Gasteiger partial charge in [0.1, 0.15) is 0 Å². The first-order valence-corrected chi connectivity index (χ1v) is 6.57. The summed E-state index contributed by atoms with van der Waals surface area (Å²) in [6, 6.07) is 2.42. The average molecular weight is 292 g/mol. The molecule has 0 bridgehead atoms. The Balaban J connectivity index is 2.49. The molecule has 0 radical (unpaired) electrons. The van der Waals surface area contributed by atoms with Crippen LogP contribution in [-0.2, 0) is 20.7 Å². The Morgan fingerprint density at radius 3 is 2.78 bits per heavy atom. The number of aliphatic hydroxyl groups excluding tert-OH is 1. The topological polar surface area (TPSA) is 75.6 Å². The van der Waals surface area contributed by atoms with E-state index in [9.17, 15) is 9.59 Å². The number of carbonyl (C=O) groups excluding carboxylic acids is 2. The third-order valence-corrected chi connectivity index (χ3v) is 3.28. The van der Waals surface area contributed by atoms with Crippen molar-refractivity contribution in [2.45, 2.75) is 19.4 Å². The van der Waals surface area contributed by atoms with Crippen molar-refractivity contribution in [3.05, 3.63) is 21.3 Å². The minimum absolute atomic E-state index is 0.118. The van der Waals surface area contributed by atoms with E-state index < -0.39 is 18.6 Å². The molecular formula is C11H14ClNO4S. The highest BCUT2D eigenvalue weighted by atomic mass is 35.5. The molecule has 7 heteroatoms. The molecule has 0 saturated carbocycles. The van der Waals surface area contributed by atoms with E-state index in [4.69, 9.17) is 21.4 Å². The Morgan fingerprint density at radius 2 is 2.28 bits per heavy atom. The molecule has 0 aliphatic carbocycles. The lowest BCUT2D eigenvalue weighted by Crippen LogP contribution is -2.44. The second-order valence-electron chi connectivity index (χ2n) is 3.44. The van der Waals surface area contributed by atoms with Crippen molar-refractivity contribution in [1.82, 2.24) is 5.32 Å². The lowest BCUT2D eigenvalue weighted by Gasteiger charge is -2.14. The first kappa shape index (κ1) is 14.9. The van der Waals surface area contributed by atoms with Crippen LogP contribution in [0.5, 0.6) is 0 Å². The Hall–Kier alpha value is -1.11. The number of amides is 1. The zero-order valence-electron chi connectivity index (χ0n) is 9.81. The van der Waals surface area contributed by atoms with Crippen LogP contribution in [0.25, 0.3) is 0 Å². The lowest BCUT2D eigenvalue weighted by molar-refractivity contribution is -0.148. The number of carbonyl (C=O) groups is 2. The SMILES string of the molecule is CCOC(=O)[C@@H](CO)NC(=O)Cc1ccc(Cl)s1. The molecule has 1 rings (SSSR count). The summed E-state index contributed by atoms with van der Waals surface area (Å²) < 4.78 is 5.32. The molecule has 1 amide bonds. The van der Waals surface area contributed by atoms with Crippen molar-refractivity contribution in [3.63, 3.8) is 0 Å². The van der Waals surface area contributed by atoms with E-state index in [0.717, 1.165) is 4.88 Å². The molecule has 0 aliphatic rings. The van der Waals surface area contributed by atoms with Crippen molar-refractivity contribution in [2.24, 2.45) is 0 Å². The Kier molecular flexibility index (Phi) is 6.11. The number of aliphatic hydroxyl groups is 1. The number of esters is 1. The van der Waals surface area contributed by atoms with Crippen LogP contribution in [0, 0.1) is 0 Å². The highest BCUT2D eigenvalue weighted by molar-refractivity contribution is 7.16. The van der Waals surface area contributed by atoms with E-state index in [1.807, 2.05) is 0 Å². The molecule has 0 spiro atoms. The smallest absolute Gasteiger partial charge is 0.331 e. The fourth-order valence-electron chi connectivity index (χ4n) is 1.27. The highest BCUT2D eigenvalue weighted by Gasteiger charge is 2.21. The van der Waals surface area contributed by atoms with Crippen molar-refractivity contribution in [2.75, 3.05) is 13.2 Å². The van der Waals surface area contributed by atoms with Gasteiger partial charge in [-0.1, -0.05) is 11.6 Å². The van der Waals surface area contributed by atoms with E-state index in [2.05, 4.69) is 5.32 Å². The van der Waals surface area contributed by atoms with Gasteiger partial charge in [-0.25, -0.2) is 4.79 Å². The van der Waals surface area contributed by atoms with Crippen LogP contribution in [0.2, 0.25) is 4.34 Å². The molecule has 1 atom stereocenters. The van der Waals surface area contributed by atoms with Gasteiger partial charge in [0.25, 0.3) is 0 Å². The van der Waals surface area contributed by atoms with Crippen LogP contribution >= 0.6 is 22.9 Å². The lowest BCUT2D eigenvalue weighted by atomic mass is 10.2. The van der Waals surface area contributed by atoms with Crippen molar-refractivity contribution in [1.29, 1.82) is 0 Å². The fourth-order valence-corrected chi connectivity index (χ4v) is 2.36. The number of thiophene rings is 1. The van der Waals surface area contributed by atoms with Crippen LogP contribution in [0.15, 0.2) is 12.1 Å². The van der Waals surface area contributed by atoms with E-state index >= 15 is 0 Å². The van der Waals surface area contributed by atoms with Crippen molar-refractivity contribution in [3.8, 4) is 0 Å². The van der Waals surface area contributed by atoms with Gasteiger partial charge in [-0.2, -0.15) is 0 Å². The van der Waals surface area contributed by atoms with Gasteiger partial charge in [0.15, 0.2) is 6.04 Å². The molecule has 0 saturated heterocycles. The first-order valence-electron chi connectivity index (χ1n) is 5.38. The van der Waals surface area contributed by atoms with Gasteiger partial charge in [-0.15, -0.1) is 11.3 Å². The van der Waals surface area contributed by atoms with Crippen LogP contribution in [0.1, 0.15) is 11.8 Å². The zero-order valence-corrected chi connectivity index (χ0v) is 11.4. The number of ether oxygens (including phenoxy) is 1. The van der Waals surface area contributed by atoms with Gasteiger partial charge in [0, 0.05) is 4.88 Å². The molecule has 0 unspecified atom stereocenters. The van der Waals surface area contributed by atoms with Gasteiger partial charge >= 0.3 is 5.97 Å². The molecule has 1 heterocycles. The molecular weight excluding hydrogens is 278 g/mol. The first-order chi connectivity index (χ1) is 8.56. The number of hydrogen-bond acceptors (Lipinski definition) is 5. The molecule has 100 valence electrons. The quantitative estimate of drug-likeness (QED) is 0.766. The minimum atomic E-state index is -1.02. The predicted molar refractivity (Wildman–Crippen MR) is 68.7 cm³/mol. The van der Waals surface area contributed by atoms with Crippen LogP contribution in [-0.4, -0.2) is 36.2 Å². The largest absolute Gasteiger partial charge is 0.464 e. The number of rotatable bonds is 6. The zero-order chi connectivity index (χ0) is 13.5. The molecule has 0 aliphatic heterocycles. The van der Waals surface area contributed by atoms with E-state index in [1.165, 1.54) is 11.3 Å². The van der Waals surface area contributed by atoms with Crippen molar-refractivity contribution < 1.29 is 19.4 Å². The standard InChI is InChI=1S/C11H14ClNO4S/c1-2-17-11(16)8(6-14)13-10(15)5-7-3-4-9(12)18-7/h3-4,8,14H,2,5-6H2,1H3,(H,13,15)/t8-/m1/s1. The van der Waals surface area contributed by atoms with E-state index in [1.54, 1.807) is 19.1 Å². The summed E-state index contributed by atoms with van der Waals surface area (Å²) in [6.45, 7) is 1.36. The van der Waals surface area contributed by atoms with Gasteiger partial charge in [-0.3, -0.25) is 4.79 Å². The van der Waals surface area contributed by atoms with Crippen molar-refractivity contribution >= 4 is 34.8 Å². The summed E-state index contributed by atoms with van der Waals surface area (Å²) in [4.78, 5) is 23.8. The molecule has 5 nitrogen and oxygen atoms in total. The van der Waals surface area contributed by atoms with Gasteiger partial charge in [0.05, 0.1) is 24.0 Å². The van der Waals surface area contributed by atoms with Crippen LogP contribution < -0.4 is 5.32 Å². The monoisotopic (exact) mass is 291 g/mol. The van der Waals surface area contributed by atoms with Gasteiger partial charge in [0.2, 0.25) is 5.91 Å². The number of nitrogens with one attached hydrogen (secondary N) is 1. The third kappa shape index (κ3) is 4.64. The predicted octanol–water partition coefficient (Wildman–Crippen LogP) is 0.984. The Labute approximate surface area is 114 Å². The average Bonchev–Trinajstić information content (AvgIpc) is 2.71. The normalized spacial score (nSPS) is 11.9. The van der Waals surface area contributed by atoms with E-state index in [-0.39, 0.29) is 18.9 Å². The molecule has 2 N–H and O–H groups in total. The van der Waals surface area contributed by atoms with Crippen LogP contribution in [0.3, 0.4) is 0 Å². The summed E-state index contributed by atoms with van der Waals surface area (Å²) in [7, 11) is 0. The summed E-state index contributed by atoms with van der Waals surface area (Å²) in [5.41, 5.74) is 0. The molecule has 1 aromatic rings. The van der Waals surface area contributed by atoms with Gasteiger partial charge < -0.3 is 15.2 Å². The molecule has 1 aromatic heterocycles. The fraction of sp³-hybridized carbons (Fsp3) is 0.455. The maximum absolute atomic E-state index is 11.6. The summed E-state index contributed by atoms with van der Waals surface area (Å²) in [6.07, 6.45) is 0.118. The highest BCUT2D eigenvalue weighted by Crippen LogP contribution is 2.21. The molecule has 0 fully saturated rings. The molecule has 0 aromatic carbocycles. The Morgan fingerprint density at radius 1 is 1.56 bits per heavy atom. The summed E-state index contributed by atoms with van der Waals surface area (Å²) in [5.74, 6) is -1.00. The second kappa shape index (κ2) is 7.35. The number of hydrogen-bond donors (Lipinski definition) is 2.